The summed E-state index contributed by atoms with van der Waals surface area (Å²) in [6.07, 6.45) is -15.7. The Hall–Kier alpha value is -2.19. The van der Waals surface area contributed by atoms with E-state index < -0.39 is 89.4 Å². The second kappa shape index (κ2) is 10.7. The smallest absolute Gasteiger partial charge is 0.466 e. The second-order valence-electron chi connectivity index (χ2n) is 7.01. The molecule has 1 aliphatic rings. The molecule has 1 amide bonds. The standard InChI is InChI=1S/C16H17F10NO8S/c1-9(14(19,20)21)10(28)35-13(15(22,23)24,11(29)27-4-7-33-8-5-27)34-6-2-3-12(17,18)16(25,26)36(30,31)32/h1-8H2,(H,30,31,32)/p-1. The van der Waals surface area contributed by atoms with Crippen LogP contribution in [0.4, 0.5) is 43.9 Å². The Morgan fingerprint density at radius 3 is 1.89 bits per heavy atom. The van der Waals surface area contributed by atoms with Gasteiger partial charge in [0.25, 0.3) is 0 Å². The largest absolute Gasteiger partial charge is 0.743 e. The number of hydrogen-bond acceptors (Lipinski definition) is 8. The summed E-state index contributed by atoms with van der Waals surface area (Å²) in [6.45, 7) is -1.56. The van der Waals surface area contributed by atoms with Crippen molar-refractivity contribution in [3.8, 4) is 0 Å². The van der Waals surface area contributed by atoms with Crippen LogP contribution in [-0.2, 0) is 33.9 Å². The molecule has 0 spiro atoms. The molecule has 210 valence electrons. The topological polar surface area (TPSA) is 122 Å². The average molecular weight is 572 g/mol. The van der Waals surface area contributed by atoms with Crippen molar-refractivity contribution in [2.45, 2.75) is 42.2 Å². The molecule has 36 heavy (non-hydrogen) atoms. The van der Waals surface area contributed by atoms with E-state index in [4.69, 9.17) is 4.74 Å². The van der Waals surface area contributed by atoms with E-state index >= 15 is 0 Å². The highest BCUT2D eigenvalue weighted by Gasteiger charge is 2.68. The Morgan fingerprint density at radius 2 is 1.47 bits per heavy atom. The number of morpholine rings is 1. The summed E-state index contributed by atoms with van der Waals surface area (Å²) in [5.74, 6) is -15.7. The summed E-state index contributed by atoms with van der Waals surface area (Å²) >= 11 is 0. The summed E-state index contributed by atoms with van der Waals surface area (Å²) in [5.41, 5.74) is -2.51. The zero-order valence-corrected chi connectivity index (χ0v) is 18.4. The van der Waals surface area contributed by atoms with Crippen molar-refractivity contribution in [2.75, 3.05) is 32.9 Å². The fraction of sp³-hybridized carbons (Fsp3) is 0.750. The molecular weight excluding hydrogens is 556 g/mol. The van der Waals surface area contributed by atoms with E-state index in [1.807, 2.05) is 0 Å². The molecule has 0 bridgehead atoms. The first-order chi connectivity index (χ1) is 16.0. The number of nitrogens with zero attached hydrogens (tertiary/aromatic N) is 1. The van der Waals surface area contributed by atoms with Gasteiger partial charge in [0.05, 0.1) is 19.8 Å². The number of ether oxygens (including phenoxy) is 3. The van der Waals surface area contributed by atoms with Gasteiger partial charge in [0.1, 0.15) is 5.57 Å². The number of carbonyl (C=O) groups excluding carboxylic acids is 2. The lowest BCUT2D eigenvalue weighted by Crippen LogP contribution is -2.64. The van der Waals surface area contributed by atoms with Crippen LogP contribution in [-0.4, -0.2) is 92.0 Å². The van der Waals surface area contributed by atoms with E-state index in [2.05, 4.69) is 16.1 Å². The van der Waals surface area contributed by atoms with Crippen molar-refractivity contribution in [2.24, 2.45) is 0 Å². The molecular formula is C16H16F10NO8S-. The van der Waals surface area contributed by atoms with Gasteiger partial charge < -0.3 is 23.7 Å². The van der Waals surface area contributed by atoms with Crippen LogP contribution in [0.2, 0.25) is 0 Å². The van der Waals surface area contributed by atoms with Crippen LogP contribution in [0.1, 0.15) is 12.8 Å². The Kier molecular flexibility index (Phi) is 9.43. The molecule has 9 nitrogen and oxygen atoms in total. The molecule has 1 aliphatic heterocycles. The molecule has 0 aliphatic carbocycles. The molecule has 1 saturated heterocycles. The Morgan fingerprint density at radius 1 is 0.972 bits per heavy atom. The maximum atomic E-state index is 13.9. The molecule has 1 rings (SSSR count). The number of carbonyl (C=O) groups is 2. The molecule has 20 heteroatoms. The number of hydrogen-bond donors (Lipinski definition) is 0. The second-order valence-corrected chi connectivity index (χ2v) is 8.43. The van der Waals surface area contributed by atoms with Gasteiger partial charge in [-0.15, -0.1) is 0 Å². The number of rotatable bonds is 10. The van der Waals surface area contributed by atoms with Crippen LogP contribution in [0.5, 0.6) is 0 Å². The van der Waals surface area contributed by atoms with E-state index in [0.29, 0.717) is 4.90 Å². The Labute approximate surface area is 195 Å². The van der Waals surface area contributed by atoms with E-state index in [1.165, 1.54) is 0 Å². The van der Waals surface area contributed by atoms with Gasteiger partial charge in [-0.2, -0.15) is 43.9 Å². The number of amides is 1. The summed E-state index contributed by atoms with van der Waals surface area (Å²) in [7, 11) is -6.93. The third-order valence-corrected chi connectivity index (χ3v) is 5.38. The lowest BCUT2D eigenvalue weighted by molar-refractivity contribution is -0.352. The molecule has 0 aromatic carbocycles. The van der Waals surface area contributed by atoms with Crippen LogP contribution in [0.15, 0.2) is 12.2 Å². The van der Waals surface area contributed by atoms with Gasteiger partial charge in [0.2, 0.25) is 0 Å². The van der Waals surface area contributed by atoms with Crippen molar-refractivity contribution < 1.29 is 80.7 Å². The van der Waals surface area contributed by atoms with Crippen molar-refractivity contribution in [3.05, 3.63) is 12.2 Å². The van der Waals surface area contributed by atoms with Gasteiger partial charge >= 0.3 is 41.2 Å². The summed E-state index contributed by atoms with van der Waals surface area (Å²) in [6, 6.07) is 0. The molecule has 1 heterocycles. The predicted octanol–water partition coefficient (Wildman–Crippen LogP) is 2.34. The van der Waals surface area contributed by atoms with E-state index in [-0.39, 0.29) is 13.2 Å². The van der Waals surface area contributed by atoms with E-state index in [9.17, 15) is 66.5 Å². The SMILES string of the molecule is C=C(C(=O)OC(OCCCC(F)(F)C(F)(F)S(=O)(=O)[O-])(C(=O)N1CCOCC1)C(F)(F)F)C(F)(F)F. The van der Waals surface area contributed by atoms with Crippen LogP contribution in [0.3, 0.4) is 0 Å². The molecule has 0 saturated carbocycles. The quantitative estimate of drug-likeness (QED) is 0.0977. The maximum Gasteiger partial charge on any atom is 0.466 e. The van der Waals surface area contributed by atoms with Crippen LogP contribution in [0, 0.1) is 0 Å². The lowest BCUT2D eigenvalue weighted by Gasteiger charge is -2.38. The highest BCUT2D eigenvalue weighted by molar-refractivity contribution is 7.86. The first-order valence-corrected chi connectivity index (χ1v) is 10.7. The molecule has 1 fully saturated rings. The lowest BCUT2D eigenvalue weighted by atomic mass is 10.1. The van der Waals surface area contributed by atoms with Crippen LogP contribution < -0.4 is 0 Å². The van der Waals surface area contributed by atoms with Crippen LogP contribution in [0.25, 0.3) is 0 Å². The third kappa shape index (κ3) is 6.76. The molecule has 0 radical (unpaired) electrons. The van der Waals surface area contributed by atoms with Crippen molar-refractivity contribution >= 4 is 22.0 Å². The minimum absolute atomic E-state index is 0.299. The Bertz CT molecular complexity index is 944. The molecule has 0 aromatic rings. The highest BCUT2D eigenvalue weighted by atomic mass is 32.2. The van der Waals surface area contributed by atoms with Gasteiger partial charge in [-0.05, 0) is 6.42 Å². The predicted molar refractivity (Wildman–Crippen MR) is 92.2 cm³/mol. The molecule has 1 unspecified atom stereocenters. The zero-order chi connectivity index (χ0) is 28.4. The van der Waals surface area contributed by atoms with Crippen molar-refractivity contribution in [1.29, 1.82) is 0 Å². The minimum atomic E-state index is -6.93. The van der Waals surface area contributed by atoms with Gasteiger partial charge in [-0.3, -0.25) is 4.79 Å². The monoisotopic (exact) mass is 572 g/mol. The normalized spacial score (nSPS) is 17.9. The van der Waals surface area contributed by atoms with Gasteiger partial charge in [0, 0.05) is 19.5 Å². The molecule has 0 aromatic heterocycles. The Balaban J connectivity index is 3.29. The minimum Gasteiger partial charge on any atom is -0.743 e. The van der Waals surface area contributed by atoms with E-state index in [1.54, 1.807) is 0 Å². The van der Waals surface area contributed by atoms with Crippen molar-refractivity contribution in [1.82, 2.24) is 4.90 Å². The summed E-state index contributed by atoms with van der Waals surface area (Å²) < 4.78 is 177. The highest BCUT2D eigenvalue weighted by Crippen LogP contribution is 2.42. The maximum absolute atomic E-state index is 13.9. The molecule has 0 N–H and O–H groups in total. The average Bonchev–Trinajstić information content (AvgIpc) is 2.72. The molecule has 1 atom stereocenters. The summed E-state index contributed by atoms with van der Waals surface area (Å²) in [4.78, 5) is 24.6. The van der Waals surface area contributed by atoms with Crippen molar-refractivity contribution in [3.63, 3.8) is 0 Å². The summed E-state index contributed by atoms with van der Waals surface area (Å²) in [5, 5.41) is -6.19. The first kappa shape index (κ1) is 31.8. The third-order valence-electron chi connectivity index (χ3n) is 4.46. The fourth-order valence-electron chi connectivity index (χ4n) is 2.52. The van der Waals surface area contributed by atoms with Gasteiger partial charge in [0.15, 0.2) is 10.1 Å². The van der Waals surface area contributed by atoms with E-state index in [0.717, 1.165) is 0 Å². The van der Waals surface area contributed by atoms with Crippen LogP contribution >= 0.6 is 0 Å². The number of halogens is 10. The zero-order valence-electron chi connectivity index (χ0n) is 17.6. The number of alkyl halides is 10. The van der Waals surface area contributed by atoms with Gasteiger partial charge in [-0.25, -0.2) is 13.2 Å². The first-order valence-electron chi connectivity index (χ1n) is 9.29. The van der Waals surface area contributed by atoms with Gasteiger partial charge in [-0.1, -0.05) is 6.58 Å². The fourth-order valence-corrected chi connectivity index (χ4v) is 2.98. The number of esters is 1.